The number of nitrogens with two attached hydrogens (primary N) is 1. The molecular formula is C12H17FN2S. The number of nitrogen functional groups attached to an aromatic ring is 1. The van der Waals surface area contributed by atoms with Crippen molar-refractivity contribution in [3.05, 3.63) is 24.0 Å². The predicted molar refractivity (Wildman–Crippen MR) is 67.1 cm³/mol. The third-order valence-corrected chi connectivity index (χ3v) is 3.99. The zero-order valence-electron chi connectivity index (χ0n) is 9.21. The van der Waals surface area contributed by atoms with Gasteiger partial charge >= 0.3 is 0 Å². The first-order valence-corrected chi connectivity index (χ1v) is 6.62. The second kappa shape index (κ2) is 5.55. The zero-order chi connectivity index (χ0) is 11.4. The van der Waals surface area contributed by atoms with Crippen LogP contribution < -0.4 is 11.1 Å². The second-order valence-corrected chi connectivity index (χ2v) is 5.34. The summed E-state index contributed by atoms with van der Waals surface area (Å²) in [6.07, 6.45) is 2.52. The maximum Gasteiger partial charge on any atom is 0.126 e. The van der Waals surface area contributed by atoms with Gasteiger partial charge in [-0.2, -0.15) is 0 Å². The van der Waals surface area contributed by atoms with E-state index >= 15 is 0 Å². The first kappa shape index (κ1) is 11.7. The molecule has 1 atom stereocenters. The Morgan fingerprint density at radius 3 is 3.00 bits per heavy atom. The molecule has 16 heavy (non-hydrogen) atoms. The largest absolute Gasteiger partial charge is 0.399 e. The molecule has 0 amide bonds. The van der Waals surface area contributed by atoms with Gasteiger partial charge in [0.15, 0.2) is 0 Å². The number of piperidine rings is 1. The summed E-state index contributed by atoms with van der Waals surface area (Å²) >= 11 is 1.70. The predicted octanol–water partition coefficient (Wildman–Crippen LogP) is 2.50. The number of anilines is 1. The van der Waals surface area contributed by atoms with E-state index in [1.165, 1.54) is 18.9 Å². The fraction of sp³-hybridized carbons (Fsp3) is 0.500. The Morgan fingerprint density at radius 1 is 1.44 bits per heavy atom. The fourth-order valence-corrected chi connectivity index (χ4v) is 3.08. The van der Waals surface area contributed by atoms with Crippen molar-refractivity contribution in [3.63, 3.8) is 0 Å². The highest BCUT2D eigenvalue weighted by Crippen LogP contribution is 2.26. The third-order valence-electron chi connectivity index (χ3n) is 2.78. The molecule has 3 N–H and O–H groups in total. The van der Waals surface area contributed by atoms with E-state index < -0.39 is 0 Å². The lowest BCUT2D eigenvalue weighted by Crippen LogP contribution is -2.30. The molecule has 1 aromatic rings. The maximum atomic E-state index is 13.1. The summed E-state index contributed by atoms with van der Waals surface area (Å²) in [6.45, 7) is 2.21. The molecule has 1 aliphatic heterocycles. The summed E-state index contributed by atoms with van der Waals surface area (Å²) < 4.78 is 13.1. The molecule has 0 radical (unpaired) electrons. The van der Waals surface area contributed by atoms with Crippen LogP contribution >= 0.6 is 11.8 Å². The van der Waals surface area contributed by atoms with Gasteiger partial charge in [0.25, 0.3) is 0 Å². The van der Waals surface area contributed by atoms with Crippen molar-refractivity contribution in [1.82, 2.24) is 5.32 Å². The van der Waals surface area contributed by atoms with Crippen LogP contribution in [0.1, 0.15) is 12.8 Å². The SMILES string of the molecule is Nc1cc(F)cc(SCC2CCCNC2)c1. The van der Waals surface area contributed by atoms with E-state index in [-0.39, 0.29) is 5.82 Å². The van der Waals surface area contributed by atoms with Crippen molar-refractivity contribution < 1.29 is 4.39 Å². The first-order chi connectivity index (χ1) is 7.74. The molecule has 1 aromatic carbocycles. The van der Waals surface area contributed by atoms with E-state index in [4.69, 9.17) is 5.73 Å². The third kappa shape index (κ3) is 3.39. The van der Waals surface area contributed by atoms with Crippen molar-refractivity contribution in [3.8, 4) is 0 Å². The zero-order valence-corrected chi connectivity index (χ0v) is 10.0. The topological polar surface area (TPSA) is 38.0 Å². The molecule has 0 saturated carbocycles. The monoisotopic (exact) mass is 240 g/mol. The van der Waals surface area contributed by atoms with Gasteiger partial charge in [0, 0.05) is 16.3 Å². The normalized spacial score (nSPS) is 20.9. The van der Waals surface area contributed by atoms with Gasteiger partial charge in [0.1, 0.15) is 5.82 Å². The van der Waals surface area contributed by atoms with E-state index in [1.54, 1.807) is 17.8 Å². The summed E-state index contributed by atoms with van der Waals surface area (Å²) in [5.74, 6) is 1.49. The van der Waals surface area contributed by atoms with Gasteiger partial charge in [-0.3, -0.25) is 0 Å². The van der Waals surface area contributed by atoms with Crippen molar-refractivity contribution in [2.75, 3.05) is 24.6 Å². The highest BCUT2D eigenvalue weighted by molar-refractivity contribution is 7.99. The van der Waals surface area contributed by atoms with E-state index in [0.717, 1.165) is 23.7 Å². The van der Waals surface area contributed by atoms with Crippen LogP contribution in [0.4, 0.5) is 10.1 Å². The molecule has 0 bridgehead atoms. The average molecular weight is 240 g/mol. The summed E-state index contributed by atoms with van der Waals surface area (Å²) in [6, 6.07) is 4.74. The molecule has 1 fully saturated rings. The van der Waals surface area contributed by atoms with Crippen LogP contribution in [0.15, 0.2) is 23.1 Å². The second-order valence-electron chi connectivity index (χ2n) is 4.24. The average Bonchev–Trinajstić information content (AvgIpc) is 2.27. The van der Waals surface area contributed by atoms with Crippen LogP contribution in [-0.4, -0.2) is 18.8 Å². The number of benzene rings is 1. The van der Waals surface area contributed by atoms with Gasteiger partial charge in [-0.05, 0) is 50.0 Å². The van der Waals surface area contributed by atoms with E-state index in [2.05, 4.69) is 5.32 Å². The molecule has 1 unspecified atom stereocenters. The molecule has 0 aliphatic carbocycles. The smallest absolute Gasteiger partial charge is 0.126 e. The van der Waals surface area contributed by atoms with Crippen molar-refractivity contribution in [1.29, 1.82) is 0 Å². The van der Waals surface area contributed by atoms with Gasteiger partial charge in [-0.1, -0.05) is 0 Å². The van der Waals surface area contributed by atoms with Crippen LogP contribution in [0, 0.1) is 11.7 Å². The molecule has 1 aliphatic rings. The summed E-state index contributed by atoms with van der Waals surface area (Å²) in [5, 5.41) is 3.38. The number of thioether (sulfide) groups is 1. The summed E-state index contributed by atoms with van der Waals surface area (Å²) in [7, 11) is 0. The molecule has 2 nitrogen and oxygen atoms in total. The minimum atomic E-state index is -0.246. The van der Waals surface area contributed by atoms with Crippen LogP contribution in [0.25, 0.3) is 0 Å². The minimum absolute atomic E-state index is 0.246. The number of halogens is 1. The summed E-state index contributed by atoms with van der Waals surface area (Å²) in [4.78, 5) is 0.933. The molecule has 0 spiro atoms. The molecule has 0 aromatic heterocycles. The Balaban J connectivity index is 1.88. The first-order valence-electron chi connectivity index (χ1n) is 5.63. The molecule has 88 valence electrons. The van der Waals surface area contributed by atoms with E-state index in [1.807, 2.05) is 6.07 Å². The number of hydrogen-bond donors (Lipinski definition) is 2. The Morgan fingerprint density at radius 2 is 2.31 bits per heavy atom. The van der Waals surface area contributed by atoms with Gasteiger partial charge in [0.2, 0.25) is 0 Å². The molecule has 4 heteroatoms. The molecule has 1 saturated heterocycles. The molecular weight excluding hydrogens is 223 g/mol. The van der Waals surface area contributed by atoms with Gasteiger partial charge in [-0.15, -0.1) is 11.8 Å². The lowest BCUT2D eigenvalue weighted by Gasteiger charge is -2.22. The quantitative estimate of drug-likeness (QED) is 0.630. The minimum Gasteiger partial charge on any atom is -0.399 e. The lowest BCUT2D eigenvalue weighted by atomic mass is 10.0. The Hall–Kier alpha value is -0.740. The van der Waals surface area contributed by atoms with Crippen LogP contribution in [0.2, 0.25) is 0 Å². The number of rotatable bonds is 3. The lowest BCUT2D eigenvalue weighted by molar-refractivity contribution is 0.410. The van der Waals surface area contributed by atoms with Gasteiger partial charge in [0.05, 0.1) is 0 Å². The number of nitrogens with one attached hydrogen (secondary N) is 1. The Bertz CT molecular complexity index is 331. The Kier molecular flexibility index (Phi) is 4.07. The Labute approximate surface area is 99.8 Å². The maximum absolute atomic E-state index is 13.1. The van der Waals surface area contributed by atoms with Crippen LogP contribution in [-0.2, 0) is 0 Å². The fourth-order valence-electron chi connectivity index (χ4n) is 1.95. The van der Waals surface area contributed by atoms with E-state index in [9.17, 15) is 4.39 Å². The van der Waals surface area contributed by atoms with Crippen molar-refractivity contribution >= 4 is 17.4 Å². The highest BCUT2D eigenvalue weighted by Gasteiger charge is 2.13. The van der Waals surface area contributed by atoms with Crippen molar-refractivity contribution in [2.24, 2.45) is 5.92 Å². The van der Waals surface area contributed by atoms with Crippen molar-refractivity contribution in [2.45, 2.75) is 17.7 Å². The van der Waals surface area contributed by atoms with E-state index in [0.29, 0.717) is 11.6 Å². The van der Waals surface area contributed by atoms with Gasteiger partial charge in [-0.25, -0.2) is 4.39 Å². The molecule has 2 rings (SSSR count). The van der Waals surface area contributed by atoms with Crippen LogP contribution in [0.5, 0.6) is 0 Å². The number of hydrogen-bond acceptors (Lipinski definition) is 3. The highest BCUT2D eigenvalue weighted by atomic mass is 32.2. The van der Waals surface area contributed by atoms with Gasteiger partial charge < -0.3 is 11.1 Å². The van der Waals surface area contributed by atoms with Crippen LogP contribution in [0.3, 0.4) is 0 Å². The standard InChI is InChI=1S/C12H17FN2S/c13-10-4-11(14)6-12(5-10)16-8-9-2-1-3-15-7-9/h4-6,9,15H,1-3,7-8,14H2. The molecule has 1 heterocycles. The summed E-state index contributed by atoms with van der Waals surface area (Å²) in [5.41, 5.74) is 6.11.